The predicted molar refractivity (Wildman–Crippen MR) is 180 cm³/mol. The molecule has 0 bridgehead atoms. The Kier molecular flexibility index (Phi) is 13.0. The van der Waals surface area contributed by atoms with Crippen molar-refractivity contribution in [1.82, 2.24) is 4.98 Å². The first-order valence-corrected chi connectivity index (χ1v) is 17.7. The lowest BCUT2D eigenvalue weighted by Gasteiger charge is -2.15. The van der Waals surface area contributed by atoms with Crippen LogP contribution < -0.4 is 9.47 Å². The smallest absolute Gasteiger partial charge is 0.303 e. The number of pyridine rings is 1. The average Bonchev–Trinajstić information content (AvgIpc) is 3.03. The van der Waals surface area contributed by atoms with Gasteiger partial charge in [-0.3, -0.25) is 4.79 Å². The molecule has 0 fully saturated rings. The lowest BCUT2D eigenvalue weighted by Crippen LogP contribution is -2.08. The van der Waals surface area contributed by atoms with Gasteiger partial charge >= 0.3 is 5.97 Å². The third kappa shape index (κ3) is 11.7. The monoisotopic (exact) mass is 629 g/mol. The van der Waals surface area contributed by atoms with Gasteiger partial charge in [0.15, 0.2) is 0 Å². The molecule has 4 aromatic rings. The van der Waals surface area contributed by atoms with Crippen molar-refractivity contribution in [2.75, 3.05) is 25.2 Å². The number of benzene rings is 3. The second-order valence-electron chi connectivity index (χ2n) is 11.3. The molecule has 0 atom stereocenters. The van der Waals surface area contributed by atoms with Gasteiger partial charge < -0.3 is 14.6 Å². The standard InChI is InChI=1S/C37H43NO6S/c1-45(41,42)26-13-12-24-43-35-21-14-20-30(33(35)22-23-37(39)40)17-6-2-3-11-25-44-36-28-32(29-15-7-4-8-16-29)27-34(38-36)31-18-9-5-10-19-31/h4-5,7-10,14-16,18-21,27-28H,2-3,6,11-13,17,22-26H2,1H3,(H,39,40). The lowest BCUT2D eigenvalue weighted by molar-refractivity contribution is -0.136. The molecule has 1 heterocycles. The van der Waals surface area contributed by atoms with Crippen LogP contribution in [0.15, 0.2) is 91.0 Å². The molecule has 0 aliphatic heterocycles. The zero-order valence-electron chi connectivity index (χ0n) is 26.0. The maximum atomic E-state index is 11.4. The minimum atomic E-state index is -2.99. The van der Waals surface area contributed by atoms with Crippen molar-refractivity contribution >= 4 is 15.8 Å². The summed E-state index contributed by atoms with van der Waals surface area (Å²) < 4.78 is 34.9. The number of nitrogens with zero attached hydrogens (tertiary/aromatic N) is 1. The number of hydrogen-bond acceptors (Lipinski definition) is 6. The molecular formula is C37H43NO6S. The van der Waals surface area contributed by atoms with E-state index in [0.717, 1.165) is 65.6 Å². The summed E-state index contributed by atoms with van der Waals surface area (Å²) in [6, 6.07) is 30.3. The minimum absolute atomic E-state index is 0.0320. The van der Waals surface area contributed by atoms with Gasteiger partial charge in [0.2, 0.25) is 5.88 Å². The highest BCUT2D eigenvalue weighted by atomic mass is 32.2. The quantitative estimate of drug-likeness (QED) is 0.106. The normalized spacial score (nSPS) is 11.3. The van der Waals surface area contributed by atoms with E-state index in [-0.39, 0.29) is 12.2 Å². The van der Waals surface area contributed by atoms with Crippen LogP contribution in [0.3, 0.4) is 0 Å². The topological polar surface area (TPSA) is 103 Å². The molecule has 8 heteroatoms. The summed E-state index contributed by atoms with van der Waals surface area (Å²) >= 11 is 0. The van der Waals surface area contributed by atoms with Crippen LogP contribution in [0.4, 0.5) is 0 Å². The Hall–Kier alpha value is -4.17. The van der Waals surface area contributed by atoms with E-state index in [1.165, 1.54) is 6.26 Å². The number of aromatic nitrogens is 1. The number of carbonyl (C=O) groups is 1. The molecule has 4 rings (SSSR count). The van der Waals surface area contributed by atoms with E-state index in [9.17, 15) is 18.3 Å². The zero-order chi connectivity index (χ0) is 31.9. The molecule has 0 aliphatic carbocycles. The molecule has 238 valence electrons. The summed E-state index contributed by atoms with van der Waals surface area (Å²) in [6.07, 6.45) is 7.56. The molecule has 45 heavy (non-hydrogen) atoms. The van der Waals surface area contributed by atoms with E-state index < -0.39 is 15.8 Å². The van der Waals surface area contributed by atoms with Gasteiger partial charge in [0, 0.05) is 24.3 Å². The molecule has 0 saturated heterocycles. The Morgan fingerprint density at radius 3 is 2.09 bits per heavy atom. The van der Waals surface area contributed by atoms with Gasteiger partial charge in [0.05, 0.1) is 24.7 Å². The summed E-state index contributed by atoms with van der Waals surface area (Å²) in [5.41, 5.74) is 6.15. The van der Waals surface area contributed by atoms with E-state index in [1.807, 2.05) is 60.7 Å². The summed E-state index contributed by atoms with van der Waals surface area (Å²) in [5, 5.41) is 9.29. The van der Waals surface area contributed by atoms with Crippen molar-refractivity contribution in [2.45, 2.75) is 57.8 Å². The highest BCUT2D eigenvalue weighted by molar-refractivity contribution is 7.90. The highest BCUT2D eigenvalue weighted by Crippen LogP contribution is 2.29. The Balaban J connectivity index is 1.28. The third-order valence-corrected chi connectivity index (χ3v) is 8.59. The second-order valence-corrected chi connectivity index (χ2v) is 13.6. The Morgan fingerprint density at radius 2 is 1.38 bits per heavy atom. The van der Waals surface area contributed by atoms with Crippen LogP contribution in [-0.4, -0.2) is 49.7 Å². The Morgan fingerprint density at radius 1 is 0.711 bits per heavy atom. The fourth-order valence-corrected chi connectivity index (χ4v) is 5.95. The average molecular weight is 630 g/mol. The van der Waals surface area contributed by atoms with Crippen LogP contribution >= 0.6 is 0 Å². The molecule has 0 spiro atoms. The predicted octanol–water partition coefficient (Wildman–Crippen LogP) is 7.82. The van der Waals surface area contributed by atoms with Crippen LogP contribution in [0, 0.1) is 0 Å². The van der Waals surface area contributed by atoms with E-state index >= 15 is 0 Å². The molecule has 7 nitrogen and oxygen atoms in total. The first-order valence-electron chi connectivity index (χ1n) is 15.7. The number of sulfone groups is 1. The van der Waals surface area contributed by atoms with Crippen molar-refractivity contribution in [3.8, 4) is 34.0 Å². The van der Waals surface area contributed by atoms with Gasteiger partial charge in [-0.25, -0.2) is 13.4 Å². The molecule has 0 saturated carbocycles. The SMILES string of the molecule is CS(=O)(=O)CCCCOc1cccc(CCCCCCOc2cc(-c3ccccc3)cc(-c3ccccc3)n2)c1CCC(=O)O. The van der Waals surface area contributed by atoms with E-state index in [0.29, 0.717) is 44.1 Å². The van der Waals surface area contributed by atoms with Crippen molar-refractivity contribution in [2.24, 2.45) is 0 Å². The molecule has 0 unspecified atom stereocenters. The van der Waals surface area contributed by atoms with E-state index in [1.54, 1.807) is 0 Å². The van der Waals surface area contributed by atoms with Crippen LogP contribution in [0.25, 0.3) is 22.4 Å². The van der Waals surface area contributed by atoms with Crippen LogP contribution in [-0.2, 0) is 27.5 Å². The summed E-state index contributed by atoms with van der Waals surface area (Å²) in [7, 11) is -2.99. The Labute approximate surface area is 267 Å². The Bertz CT molecular complexity index is 1550. The molecular weight excluding hydrogens is 586 g/mol. The largest absolute Gasteiger partial charge is 0.493 e. The van der Waals surface area contributed by atoms with Gasteiger partial charge in [-0.1, -0.05) is 85.6 Å². The van der Waals surface area contributed by atoms with Gasteiger partial charge in [-0.2, -0.15) is 0 Å². The maximum absolute atomic E-state index is 11.4. The minimum Gasteiger partial charge on any atom is -0.493 e. The molecule has 0 radical (unpaired) electrons. The number of aryl methyl sites for hydroxylation is 1. The summed E-state index contributed by atoms with van der Waals surface area (Å²) in [6.45, 7) is 0.973. The number of carboxylic acid groups (broad SMARTS) is 1. The second kappa shape index (κ2) is 17.4. The first kappa shape index (κ1) is 33.7. The van der Waals surface area contributed by atoms with Crippen LogP contribution in [0.5, 0.6) is 11.6 Å². The fourth-order valence-electron chi connectivity index (χ4n) is 5.23. The lowest BCUT2D eigenvalue weighted by atomic mass is 9.97. The first-order chi connectivity index (χ1) is 21.8. The van der Waals surface area contributed by atoms with E-state index in [4.69, 9.17) is 14.5 Å². The molecule has 0 aliphatic rings. The van der Waals surface area contributed by atoms with Crippen LogP contribution in [0.1, 0.15) is 56.1 Å². The fraction of sp³-hybridized carbons (Fsp3) is 0.351. The molecule has 3 aromatic carbocycles. The van der Waals surface area contributed by atoms with Crippen molar-refractivity contribution in [1.29, 1.82) is 0 Å². The van der Waals surface area contributed by atoms with Gasteiger partial charge in [0.25, 0.3) is 0 Å². The van der Waals surface area contributed by atoms with Crippen LogP contribution in [0.2, 0.25) is 0 Å². The van der Waals surface area contributed by atoms with Crippen molar-refractivity contribution in [3.05, 3.63) is 102 Å². The summed E-state index contributed by atoms with van der Waals surface area (Å²) in [4.78, 5) is 16.1. The summed E-state index contributed by atoms with van der Waals surface area (Å²) in [5.74, 6) is 0.607. The third-order valence-electron chi connectivity index (χ3n) is 7.55. The number of rotatable bonds is 19. The number of unbranched alkanes of at least 4 members (excludes halogenated alkanes) is 4. The number of hydrogen-bond donors (Lipinski definition) is 1. The molecule has 1 N–H and O–H groups in total. The molecule has 0 amide bonds. The number of aliphatic carboxylic acids is 1. The van der Waals surface area contributed by atoms with Gasteiger partial charge in [-0.05, 0) is 72.9 Å². The number of carboxylic acids is 1. The highest BCUT2D eigenvalue weighted by Gasteiger charge is 2.13. The van der Waals surface area contributed by atoms with Crippen molar-refractivity contribution in [3.63, 3.8) is 0 Å². The van der Waals surface area contributed by atoms with Crippen molar-refractivity contribution < 1.29 is 27.8 Å². The van der Waals surface area contributed by atoms with E-state index in [2.05, 4.69) is 30.3 Å². The molecule has 1 aromatic heterocycles. The van der Waals surface area contributed by atoms with Gasteiger partial charge in [0.1, 0.15) is 15.6 Å². The maximum Gasteiger partial charge on any atom is 0.303 e. The van der Waals surface area contributed by atoms with Gasteiger partial charge in [-0.15, -0.1) is 0 Å². The zero-order valence-corrected chi connectivity index (χ0v) is 26.8. The number of ether oxygens (including phenoxy) is 2.